The van der Waals surface area contributed by atoms with Gasteiger partial charge in [-0.15, -0.1) is 0 Å². The summed E-state index contributed by atoms with van der Waals surface area (Å²) in [6.07, 6.45) is -3.74. The molecule has 1 unspecified atom stereocenters. The molecule has 0 saturated heterocycles. The molecule has 1 aromatic carbocycles. The first-order chi connectivity index (χ1) is 10.4. The van der Waals surface area contributed by atoms with Gasteiger partial charge in [0.25, 0.3) is 5.89 Å². The molecule has 0 aliphatic carbocycles. The number of likely N-dealkylation sites (N-methyl/N-ethyl adjacent to an activating group) is 1. The summed E-state index contributed by atoms with van der Waals surface area (Å²) >= 11 is 0. The van der Waals surface area contributed by atoms with E-state index in [1.165, 1.54) is 12.1 Å². The van der Waals surface area contributed by atoms with Gasteiger partial charge in [-0.25, -0.2) is 0 Å². The number of nitrogens with zero attached hydrogens (tertiary/aromatic N) is 2. The SMILES string of the molecule is CNC(C)Cc1noc(-c2ccc(OCC(F)(F)F)cc2)n1. The van der Waals surface area contributed by atoms with Crippen molar-refractivity contribution < 1.29 is 22.4 Å². The first-order valence-corrected chi connectivity index (χ1v) is 6.67. The van der Waals surface area contributed by atoms with E-state index < -0.39 is 12.8 Å². The summed E-state index contributed by atoms with van der Waals surface area (Å²) in [5.41, 5.74) is 0.621. The molecule has 1 N–H and O–H groups in total. The van der Waals surface area contributed by atoms with Gasteiger partial charge in [0.15, 0.2) is 12.4 Å². The van der Waals surface area contributed by atoms with Crippen molar-refractivity contribution in [2.24, 2.45) is 0 Å². The maximum Gasteiger partial charge on any atom is 0.422 e. The minimum absolute atomic E-state index is 0.129. The fraction of sp³-hybridized carbons (Fsp3) is 0.429. The highest BCUT2D eigenvalue weighted by Crippen LogP contribution is 2.23. The summed E-state index contributed by atoms with van der Waals surface area (Å²) in [4.78, 5) is 4.24. The van der Waals surface area contributed by atoms with Crippen LogP contribution in [0, 0.1) is 0 Å². The molecular weight excluding hydrogens is 299 g/mol. The topological polar surface area (TPSA) is 60.2 Å². The van der Waals surface area contributed by atoms with Crippen molar-refractivity contribution in [3.8, 4) is 17.2 Å². The van der Waals surface area contributed by atoms with Crippen LogP contribution >= 0.6 is 0 Å². The second kappa shape index (κ2) is 6.78. The van der Waals surface area contributed by atoms with Crippen LogP contribution in [0.3, 0.4) is 0 Å². The molecule has 22 heavy (non-hydrogen) atoms. The van der Waals surface area contributed by atoms with Gasteiger partial charge >= 0.3 is 6.18 Å². The molecule has 0 spiro atoms. The van der Waals surface area contributed by atoms with E-state index in [4.69, 9.17) is 4.52 Å². The zero-order valence-electron chi connectivity index (χ0n) is 12.1. The van der Waals surface area contributed by atoms with Crippen molar-refractivity contribution in [2.45, 2.75) is 25.6 Å². The van der Waals surface area contributed by atoms with Gasteiger partial charge in [-0.2, -0.15) is 18.2 Å². The number of alkyl halides is 3. The number of nitrogens with one attached hydrogen (secondary N) is 1. The number of halogens is 3. The van der Waals surface area contributed by atoms with Crippen LogP contribution in [-0.4, -0.2) is 36.0 Å². The van der Waals surface area contributed by atoms with Gasteiger partial charge in [0.05, 0.1) is 0 Å². The van der Waals surface area contributed by atoms with Crippen LogP contribution in [0.4, 0.5) is 13.2 Å². The van der Waals surface area contributed by atoms with Crippen LogP contribution in [0.2, 0.25) is 0 Å². The summed E-state index contributed by atoms with van der Waals surface area (Å²) < 4.78 is 45.9. The Morgan fingerprint density at radius 1 is 1.27 bits per heavy atom. The highest BCUT2D eigenvalue weighted by Gasteiger charge is 2.28. The van der Waals surface area contributed by atoms with Gasteiger partial charge in [0.1, 0.15) is 5.75 Å². The van der Waals surface area contributed by atoms with E-state index in [9.17, 15) is 13.2 Å². The van der Waals surface area contributed by atoms with E-state index in [0.717, 1.165) is 0 Å². The van der Waals surface area contributed by atoms with Crippen molar-refractivity contribution in [1.29, 1.82) is 0 Å². The lowest BCUT2D eigenvalue weighted by Gasteiger charge is -2.08. The number of aromatic nitrogens is 2. The van der Waals surface area contributed by atoms with E-state index in [0.29, 0.717) is 23.7 Å². The number of hydrogen-bond donors (Lipinski definition) is 1. The quantitative estimate of drug-likeness (QED) is 0.888. The van der Waals surface area contributed by atoms with Gasteiger partial charge < -0.3 is 14.6 Å². The molecule has 2 rings (SSSR count). The Morgan fingerprint density at radius 3 is 2.55 bits per heavy atom. The second-order valence-corrected chi connectivity index (χ2v) is 4.84. The van der Waals surface area contributed by atoms with Crippen LogP contribution in [0.25, 0.3) is 11.5 Å². The maximum absolute atomic E-state index is 12.1. The number of benzene rings is 1. The Bertz CT molecular complexity index is 596. The van der Waals surface area contributed by atoms with Crippen LogP contribution in [-0.2, 0) is 6.42 Å². The Balaban J connectivity index is 2.01. The number of rotatable bonds is 6. The van der Waals surface area contributed by atoms with Crippen molar-refractivity contribution in [3.63, 3.8) is 0 Å². The van der Waals surface area contributed by atoms with Crippen molar-refractivity contribution in [3.05, 3.63) is 30.1 Å². The second-order valence-electron chi connectivity index (χ2n) is 4.84. The lowest BCUT2D eigenvalue weighted by Crippen LogP contribution is -2.24. The maximum atomic E-state index is 12.1. The standard InChI is InChI=1S/C14H16F3N3O2/c1-9(18-2)7-12-19-13(22-20-12)10-3-5-11(6-4-10)21-8-14(15,16)17/h3-6,9,18H,7-8H2,1-2H3. The van der Waals surface area contributed by atoms with Gasteiger partial charge in [-0.05, 0) is 38.2 Å². The molecule has 1 heterocycles. The molecule has 120 valence electrons. The molecule has 1 atom stereocenters. The molecule has 0 aliphatic rings. The van der Waals surface area contributed by atoms with E-state index in [1.54, 1.807) is 12.1 Å². The summed E-state index contributed by atoms with van der Waals surface area (Å²) in [5.74, 6) is 1.01. The predicted octanol–water partition coefficient (Wildman–Crippen LogP) is 2.83. The third kappa shape index (κ3) is 4.73. The van der Waals surface area contributed by atoms with Crippen molar-refractivity contribution >= 4 is 0 Å². The van der Waals surface area contributed by atoms with Crippen molar-refractivity contribution in [2.75, 3.05) is 13.7 Å². The minimum Gasteiger partial charge on any atom is -0.484 e. The smallest absolute Gasteiger partial charge is 0.422 e. The highest BCUT2D eigenvalue weighted by molar-refractivity contribution is 5.54. The van der Waals surface area contributed by atoms with Gasteiger partial charge in [-0.1, -0.05) is 5.16 Å². The molecule has 2 aromatic rings. The van der Waals surface area contributed by atoms with Gasteiger partial charge in [-0.3, -0.25) is 0 Å². The Morgan fingerprint density at radius 2 is 1.95 bits per heavy atom. The molecule has 0 saturated carbocycles. The van der Waals surface area contributed by atoms with Gasteiger partial charge in [0.2, 0.25) is 0 Å². The first-order valence-electron chi connectivity index (χ1n) is 6.67. The Kier molecular flexibility index (Phi) is 5.02. The number of hydrogen-bond acceptors (Lipinski definition) is 5. The lowest BCUT2D eigenvalue weighted by molar-refractivity contribution is -0.153. The fourth-order valence-electron chi connectivity index (χ4n) is 1.69. The highest BCUT2D eigenvalue weighted by atomic mass is 19.4. The van der Waals surface area contributed by atoms with E-state index in [2.05, 4.69) is 20.2 Å². The molecule has 1 aromatic heterocycles. The molecule has 5 nitrogen and oxygen atoms in total. The largest absolute Gasteiger partial charge is 0.484 e. The zero-order chi connectivity index (χ0) is 16.2. The fourth-order valence-corrected chi connectivity index (χ4v) is 1.69. The molecular formula is C14H16F3N3O2. The van der Waals surface area contributed by atoms with E-state index in [1.807, 2.05) is 14.0 Å². The molecule has 0 bridgehead atoms. The molecule has 0 aliphatic heterocycles. The van der Waals surface area contributed by atoms with Gasteiger partial charge in [0, 0.05) is 18.0 Å². The number of ether oxygens (including phenoxy) is 1. The lowest BCUT2D eigenvalue weighted by atomic mass is 10.2. The third-order valence-electron chi connectivity index (χ3n) is 2.95. The first kappa shape index (κ1) is 16.3. The predicted molar refractivity (Wildman–Crippen MR) is 73.5 cm³/mol. The van der Waals surface area contributed by atoms with E-state index >= 15 is 0 Å². The minimum atomic E-state index is -4.36. The monoisotopic (exact) mass is 315 g/mol. The van der Waals surface area contributed by atoms with E-state index in [-0.39, 0.29) is 11.8 Å². The normalized spacial score (nSPS) is 13.1. The molecule has 8 heteroatoms. The van der Waals surface area contributed by atoms with Crippen LogP contribution in [0.15, 0.2) is 28.8 Å². The summed E-state index contributed by atoms with van der Waals surface area (Å²) in [5, 5.41) is 6.93. The average Bonchev–Trinajstić information content (AvgIpc) is 2.93. The van der Waals surface area contributed by atoms with Crippen LogP contribution < -0.4 is 10.1 Å². The zero-order valence-corrected chi connectivity index (χ0v) is 12.1. The molecule has 0 amide bonds. The Hall–Kier alpha value is -2.09. The average molecular weight is 315 g/mol. The molecule has 0 fully saturated rings. The van der Waals surface area contributed by atoms with Crippen LogP contribution in [0.5, 0.6) is 5.75 Å². The van der Waals surface area contributed by atoms with Crippen LogP contribution in [0.1, 0.15) is 12.7 Å². The van der Waals surface area contributed by atoms with Crippen molar-refractivity contribution in [1.82, 2.24) is 15.5 Å². The Labute approximate surface area is 125 Å². The molecule has 0 radical (unpaired) electrons. The third-order valence-corrected chi connectivity index (χ3v) is 2.95. The summed E-state index contributed by atoms with van der Waals surface area (Å²) in [6.45, 7) is 0.668. The summed E-state index contributed by atoms with van der Waals surface area (Å²) in [7, 11) is 1.84. The summed E-state index contributed by atoms with van der Waals surface area (Å²) in [6, 6.07) is 6.22.